The van der Waals surface area contributed by atoms with Crippen LogP contribution in [0.2, 0.25) is 18.1 Å². The monoisotopic (exact) mass is 290 g/mol. The summed E-state index contributed by atoms with van der Waals surface area (Å²) in [6, 6.07) is 10.1. The van der Waals surface area contributed by atoms with Crippen molar-refractivity contribution in [2.45, 2.75) is 51.4 Å². The van der Waals surface area contributed by atoms with Gasteiger partial charge in [-0.3, -0.25) is 0 Å². The van der Waals surface area contributed by atoms with Gasteiger partial charge in [-0.2, -0.15) is 0 Å². The molecule has 2 nitrogen and oxygen atoms in total. The second-order valence-corrected chi connectivity index (χ2v) is 11.3. The van der Waals surface area contributed by atoms with Gasteiger partial charge in [0.2, 0.25) is 0 Å². The number of benzene rings is 1. The van der Waals surface area contributed by atoms with E-state index in [0.717, 1.165) is 11.8 Å². The normalized spacial score (nSPS) is 14.4. The molecular weight excluding hydrogens is 264 g/mol. The second-order valence-electron chi connectivity index (χ2n) is 6.59. The summed E-state index contributed by atoms with van der Waals surface area (Å²) in [5.74, 6) is 0. The van der Waals surface area contributed by atoms with Gasteiger partial charge in [0.05, 0.1) is 6.10 Å². The Morgan fingerprint density at radius 3 is 2.30 bits per heavy atom. The van der Waals surface area contributed by atoms with Gasteiger partial charge in [-0.05, 0) is 23.7 Å². The van der Waals surface area contributed by atoms with E-state index in [0.29, 0.717) is 6.42 Å². The summed E-state index contributed by atoms with van der Waals surface area (Å²) in [6.45, 7) is 11.0. The Morgan fingerprint density at radius 1 is 1.20 bits per heavy atom. The zero-order valence-corrected chi connectivity index (χ0v) is 14.2. The summed E-state index contributed by atoms with van der Waals surface area (Å²) in [6.07, 6.45) is 5.25. The summed E-state index contributed by atoms with van der Waals surface area (Å²) in [7, 11) is -1.85. The van der Waals surface area contributed by atoms with Crippen molar-refractivity contribution in [3.05, 3.63) is 42.0 Å². The Labute approximate surface area is 124 Å². The molecule has 0 saturated carbocycles. The van der Waals surface area contributed by atoms with Crippen LogP contribution >= 0.6 is 0 Å². The molecule has 0 spiro atoms. The summed E-state index contributed by atoms with van der Waals surface area (Å²) in [4.78, 5) is 10.9. The first-order valence-electron chi connectivity index (χ1n) is 7.11. The number of rotatable bonds is 6. The van der Waals surface area contributed by atoms with Gasteiger partial charge in [0.25, 0.3) is 0 Å². The maximum Gasteiger partial charge on any atom is 0.192 e. The SMILES string of the molecule is CC(C)(C)[Si](C)(C)O[C@H](/C=C/c1ccccc1)CC=O. The lowest BCUT2D eigenvalue weighted by Gasteiger charge is -2.38. The molecule has 0 radical (unpaired) electrons. The van der Waals surface area contributed by atoms with Crippen LogP contribution in [0.5, 0.6) is 0 Å². The highest BCUT2D eigenvalue weighted by Gasteiger charge is 2.38. The molecule has 0 unspecified atom stereocenters. The first-order chi connectivity index (χ1) is 9.26. The van der Waals surface area contributed by atoms with Crippen LogP contribution in [0.1, 0.15) is 32.8 Å². The molecule has 0 aliphatic heterocycles. The van der Waals surface area contributed by atoms with E-state index in [1.165, 1.54) is 0 Å². The fraction of sp³-hybridized carbons (Fsp3) is 0.471. The van der Waals surface area contributed by atoms with Crippen molar-refractivity contribution in [2.75, 3.05) is 0 Å². The molecule has 3 heteroatoms. The van der Waals surface area contributed by atoms with Gasteiger partial charge in [-0.1, -0.05) is 63.3 Å². The van der Waals surface area contributed by atoms with Crippen LogP contribution in [0, 0.1) is 0 Å². The molecule has 0 saturated heterocycles. The number of hydrogen-bond acceptors (Lipinski definition) is 2. The highest BCUT2D eigenvalue weighted by atomic mass is 28.4. The Morgan fingerprint density at radius 2 is 1.80 bits per heavy atom. The summed E-state index contributed by atoms with van der Waals surface area (Å²) < 4.78 is 6.29. The number of carbonyl (C=O) groups is 1. The molecule has 0 bridgehead atoms. The Kier molecular flexibility index (Phi) is 5.90. The smallest absolute Gasteiger partial charge is 0.192 e. The Balaban J connectivity index is 2.80. The van der Waals surface area contributed by atoms with Gasteiger partial charge in [-0.15, -0.1) is 0 Å². The molecule has 0 N–H and O–H groups in total. The van der Waals surface area contributed by atoms with Gasteiger partial charge < -0.3 is 9.22 Å². The minimum atomic E-state index is -1.85. The van der Waals surface area contributed by atoms with E-state index >= 15 is 0 Å². The van der Waals surface area contributed by atoms with Crippen LogP contribution < -0.4 is 0 Å². The van der Waals surface area contributed by atoms with E-state index in [4.69, 9.17) is 4.43 Å². The standard InChI is InChI=1S/C17H26O2Si/c1-17(2,3)20(4,5)19-16(13-14-18)12-11-15-9-7-6-8-10-15/h6-12,14,16H,13H2,1-5H3/b12-11+/t16-/m1/s1. The predicted octanol–water partition coefficient (Wildman–Crippen LogP) is 4.68. The second kappa shape index (κ2) is 7.00. The molecule has 0 heterocycles. The number of hydrogen-bond donors (Lipinski definition) is 0. The predicted molar refractivity (Wildman–Crippen MR) is 88.2 cm³/mol. The van der Waals surface area contributed by atoms with E-state index < -0.39 is 8.32 Å². The van der Waals surface area contributed by atoms with Crippen LogP contribution in [-0.2, 0) is 9.22 Å². The number of aldehydes is 1. The number of carbonyl (C=O) groups excluding carboxylic acids is 1. The molecule has 0 amide bonds. The van der Waals surface area contributed by atoms with E-state index in [2.05, 4.69) is 33.9 Å². The average Bonchev–Trinajstić information content (AvgIpc) is 2.36. The molecule has 0 fully saturated rings. The minimum absolute atomic E-state index is 0.131. The maximum atomic E-state index is 10.9. The zero-order chi connectivity index (χ0) is 15.2. The fourth-order valence-electron chi connectivity index (χ4n) is 1.60. The van der Waals surface area contributed by atoms with E-state index in [1.807, 2.05) is 42.5 Å². The van der Waals surface area contributed by atoms with Crippen LogP contribution in [0.25, 0.3) is 6.08 Å². The van der Waals surface area contributed by atoms with Crippen LogP contribution in [0.15, 0.2) is 36.4 Å². The van der Waals surface area contributed by atoms with Gasteiger partial charge in [0.15, 0.2) is 8.32 Å². The molecule has 1 rings (SSSR count). The lowest BCUT2D eigenvalue weighted by atomic mass is 10.1. The summed E-state index contributed by atoms with van der Waals surface area (Å²) >= 11 is 0. The van der Waals surface area contributed by atoms with Crippen molar-refractivity contribution >= 4 is 20.7 Å². The molecule has 0 aliphatic rings. The van der Waals surface area contributed by atoms with Crippen LogP contribution in [0.4, 0.5) is 0 Å². The molecular formula is C17H26O2Si. The Hall–Kier alpha value is -1.19. The van der Waals surface area contributed by atoms with E-state index in [9.17, 15) is 4.79 Å². The molecule has 110 valence electrons. The Bertz CT molecular complexity index is 444. The zero-order valence-electron chi connectivity index (χ0n) is 13.2. The maximum absolute atomic E-state index is 10.9. The fourth-order valence-corrected chi connectivity index (χ4v) is 2.88. The molecule has 1 atom stereocenters. The summed E-state index contributed by atoms with van der Waals surface area (Å²) in [5, 5.41) is 0.148. The average molecular weight is 290 g/mol. The lowest BCUT2D eigenvalue weighted by molar-refractivity contribution is -0.108. The highest BCUT2D eigenvalue weighted by Crippen LogP contribution is 2.37. The van der Waals surface area contributed by atoms with Crippen molar-refractivity contribution in [3.8, 4) is 0 Å². The molecule has 1 aromatic rings. The third kappa shape index (κ3) is 5.06. The largest absolute Gasteiger partial charge is 0.410 e. The van der Waals surface area contributed by atoms with Crippen molar-refractivity contribution in [1.29, 1.82) is 0 Å². The lowest BCUT2D eigenvalue weighted by Crippen LogP contribution is -2.43. The van der Waals surface area contributed by atoms with Crippen molar-refractivity contribution in [1.82, 2.24) is 0 Å². The molecule has 20 heavy (non-hydrogen) atoms. The molecule has 0 aromatic heterocycles. The molecule has 1 aromatic carbocycles. The van der Waals surface area contributed by atoms with E-state index in [-0.39, 0.29) is 11.1 Å². The van der Waals surface area contributed by atoms with Gasteiger partial charge in [0, 0.05) is 6.42 Å². The topological polar surface area (TPSA) is 26.3 Å². The van der Waals surface area contributed by atoms with Gasteiger partial charge >= 0.3 is 0 Å². The molecule has 0 aliphatic carbocycles. The first-order valence-corrected chi connectivity index (χ1v) is 10.0. The van der Waals surface area contributed by atoms with Crippen LogP contribution in [0.3, 0.4) is 0 Å². The van der Waals surface area contributed by atoms with Crippen molar-refractivity contribution in [3.63, 3.8) is 0 Å². The minimum Gasteiger partial charge on any atom is -0.410 e. The third-order valence-corrected chi connectivity index (χ3v) is 8.39. The summed E-state index contributed by atoms with van der Waals surface area (Å²) in [5.41, 5.74) is 1.13. The van der Waals surface area contributed by atoms with Gasteiger partial charge in [0.1, 0.15) is 6.29 Å². The van der Waals surface area contributed by atoms with Crippen molar-refractivity contribution in [2.24, 2.45) is 0 Å². The highest BCUT2D eigenvalue weighted by molar-refractivity contribution is 6.74. The first kappa shape index (κ1) is 16.9. The third-order valence-electron chi connectivity index (χ3n) is 3.88. The quantitative estimate of drug-likeness (QED) is 0.561. The van der Waals surface area contributed by atoms with E-state index in [1.54, 1.807) is 0 Å². The van der Waals surface area contributed by atoms with Gasteiger partial charge in [-0.25, -0.2) is 0 Å². The van der Waals surface area contributed by atoms with Crippen molar-refractivity contribution < 1.29 is 9.22 Å². The van der Waals surface area contributed by atoms with Crippen LogP contribution in [-0.4, -0.2) is 20.7 Å².